The van der Waals surface area contributed by atoms with Crippen molar-refractivity contribution in [2.45, 2.75) is 53.4 Å². The van der Waals surface area contributed by atoms with Crippen molar-refractivity contribution in [2.24, 2.45) is 22.2 Å². The summed E-state index contributed by atoms with van der Waals surface area (Å²) in [5, 5.41) is 3.76. The van der Waals surface area contributed by atoms with E-state index in [0.29, 0.717) is 11.8 Å². The molecule has 5 aliphatic rings. The van der Waals surface area contributed by atoms with Gasteiger partial charge in [0, 0.05) is 24.1 Å². The topological polar surface area (TPSA) is 24.4 Å². The molecule has 0 aromatic rings. The summed E-state index contributed by atoms with van der Waals surface area (Å²) in [6, 6.07) is 0. The van der Waals surface area contributed by atoms with Gasteiger partial charge in [0.05, 0.1) is 11.4 Å². The fraction of sp³-hybridized carbons (Fsp3) is 0.444. The van der Waals surface area contributed by atoms with Crippen molar-refractivity contribution in [1.29, 1.82) is 0 Å². The third-order valence-electron chi connectivity index (χ3n) is 7.37. The highest BCUT2D eigenvalue weighted by molar-refractivity contribution is 6.08. The van der Waals surface area contributed by atoms with Gasteiger partial charge < -0.3 is 5.32 Å². The molecule has 3 atom stereocenters. The van der Waals surface area contributed by atoms with Gasteiger partial charge in [-0.3, -0.25) is 4.99 Å². The number of allylic oxidation sites excluding steroid dienone is 12. The van der Waals surface area contributed by atoms with Crippen LogP contribution in [0.25, 0.3) is 0 Å². The lowest BCUT2D eigenvalue weighted by molar-refractivity contribution is 0.255. The van der Waals surface area contributed by atoms with Gasteiger partial charge in [-0.2, -0.15) is 0 Å². The van der Waals surface area contributed by atoms with Crippen LogP contribution in [0.5, 0.6) is 0 Å². The van der Waals surface area contributed by atoms with E-state index in [1.807, 2.05) is 0 Å². The van der Waals surface area contributed by atoms with Crippen LogP contribution in [0.1, 0.15) is 53.4 Å². The number of dihydropyridines is 1. The van der Waals surface area contributed by atoms with E-state index in [1.54, 1.807) is 0 Å². The molecule has 3 aliphatic carbocycles. The molecule has 5 rings (SSSR count). The molecule has 0 aromatic heterocycles. The Labute approximate surface area is 175 Å². The Morgan fingerprint density at radius 3 is 2.66 bits per heavy atom. The summed E-state index contributed by atoms with van der Waals surface area (Å²) < 4.78 is 0. The molecule has 0 amide bonds. The average molecular weight is 385 g/mol. The largest absolute Gasteiger partial charge is 0.380 e. The Morgan fingerprint density at radius 2 is 1.86 bits per heavy atom. The van der Waals surface area contributed by atoms with Crippen molar-refractivity contribution in [2.75, 3.05) is 6.54 Å². The third kappa shape index (κ3) is 2.79. The van der Waals surface area contributed by atoms with Gasteiger partial charge in [-0.15, -0.1) is 0 Å². The lowest BCUT2D eigenvalue weighted by atomic mass is 9.56. The predicted molar refractivity (Wildman–Crippen MR) is 123 cm³/mol. The highest BCUT2D eigenvalue weighted by Gasteiger charge is 2.57. The quantitative estimate of drug-likeness (QED) is 0.590. The number of aliphatic imine (C=N–C) groups is 1. The molecule has 1 N–H and O–H groups in total. The molecule has 2 nitrogen and oxygen atoms in total. The van der Waals surface area contributed by atoms with Crippen molar-refractivity contribution in [3.63, 3.8) is 0 Å². The smallest absolute Gasteiger partial charge is 0.0684 e. The highest BCUT2D eigenvalue weighted by Crippen LogP contribution is 2.61. The number of hydrogen-bond donors (Lipinski definition) is 1. The predicted octanol–water partition coefficient (Wildman–Crippen LogP) is 6.34. The number of hydrogen-bond acceptors (Lipinski definition) is 2. The van der Waals surface area contributed by atoms with Crippen molar-refractivity contribution in [3.8, 4) is 0 Å². The minimum Gasteiger partial charge on any atom is -0.380 e. The molecule has 29 heavy (non-hydrogen) atoms. The van der Waals surface area contributed by atoms with E-state index >= 15 is 0 Å². The minimum absolute atomic E-state index is 0.0356. The maximum absolute atomic E-state index is 5.02. The molecule has 2 heterocycles. The summed E-state index contributed by atoms with van der Waals surface area (Å²) >= 11 is 0. The summed E-state index contributed by atoms with van der Waals surface area (Å²) in [6.45, 7) is 10.0. The number of nitrogens with zero attached hydrogens (tertiary/aromatic N) is 1. The summed E-state index contributed by atoms with van der Waals surface area (Å²) in [5.74, 6) is 0.861. The second-order valence-electron chi connectivity index (χ2n) is 9.65. The van der Waals surface area contributed by atoms with Crippen LogP contribution in [0.15, 0.2) is 86.8 Å². The fourth-order valence-electron chi connectivity index (χ4n) is 6.11. The first kappa shape index (κ1) is 18.7. The second-order valence-corrected chi connectivity index (χ2v) is 9.65. The van der Waals surface area contributed by atoms with E-state index in [9.17, 15) is 0 Å². The molecule has 0 saturated carbocycles. The molecule has 150 valence electrons. The van der Waals surface area contributed by atoms with Crippen molar-refractivity contribution >= 4 is 5.71 Å². The maximum Gasteiger partial charge on any atom is 0.0684 e. The van der Waals surface area contributed by atoms with Crippen LogP contribution < -0.4 is 5.32 Å². The first-order chi connectivity index (χ1) is 14.0. The summed E-state index contributed by atoms with van der Waals surface area (Å²) in [6.07, 6.45) is 21.2. The van der Waals surface area contributed by atoms with E-state index in [2.05, 4.69) is 75.7 Å². The van der Waals surface area contributed by atoms with E-state index in [0.717, 1.165) is 25.8 Å². The lowest BCUT2D eigenvalue weighted by Gasteiger charge is -2.46. The molecule has 0 spiro atoms. The van der Waals surface area contributed by atoms with E-state index < -0.39 is 0 Å². The van der Waals surface area contributed by atoms with Gasteiger partial charge >= 0.3 is 0 Å². The van der Waals surface area contributed by atoms with Crippen molar-refractivity contribution < 1.29 is 0 Å². The molecule has 0 bridgehead atoms. The molecule has 0 aromatic carbocycles. The van der Waals surface area contributed by atoms with Crippen LogP contribution in [0.2, 0.25) is 0 Å². The zero-order valence-corrected chi connectivity index (χ0v) is 18.2. The van der Waals surface area contributed by atoms with Crippen LogP contribution in [0.4, 0.5) is 0 Å². The summed E-state index contributed by atoms with van der Waals surface area (Å²) in [4.78, 5) is 5.02. The monoisotopic (exact) mass is 384 g/mol. The molecular formula is C27H32N2. The van der Waals surface area contributed by atoms with Gasteiger partial charge in [-0.25, -0.2) is 0 Å². The van der Waals surface area contributed by atoms with Crippen molar-refractivity contribution in [3.05, 3.63) is 81.8 Å². The zero-order valence-electron chi connectivity index (χ0n) is 18.2. The van der Waals surface area contributed by atoms with Gasteiger partial charge in [0.15, 0.2) is 0 Å². The molecule has 0 saturated heterocycles. The summed E-state index contributed by atoms with van der Waals surface area (Å²) in [5.41, 5.74) is 11.4. The Morgan fingerprint density at radius 1 is 1.00 bits per heavy atom. The third-order valence-corrected chi connectivity index (χ3v) is 7.37. The average Bonchev–Trinajstić information content (AvgIpc) is 2.97. The number of nitrogens with one attached hydrogen (secondary N) is 1. The van der Waals surface area contributed by atoms with E-state index in [1.165, 1.54) is 51.3 Å². The first-order valence-electron chi connectivity index (χ1n) is 11.1. The SMILES string of the molecule is CC1=CC(C2(C3C=CC=C(C)C3)C3=C(NCC(C)=C3)C3=NC=C(C)C[C@@H]32)=CCC1. The van der Waals surface area contributed by atoms with Crippen LogP contribution >= 0.6 is 0 Å². The van der Waals surface area contributed by atoms with Gasteiger partial charge in [-0.05, 0) is 70.4 Å². The molecule has 0 fully saturated rings. The van der Waals surface area contributed by atoms with Gasteiger partial charge in [0.2, 0.25) is 0 Å². The Balaban J connectivity index is 1.79. The number of rotatable bonds is 2. The highest BCUT2D eigenvalue weighted by atomic mass is 15.0. The van der Waals surface area contributed by atoms with Gasteiger partial charge in [-0.1, -0.05) is 58.7 Å². The number of fused-ring (bicyclic) bond motifs is 2. The van der Waals surface area contributed by atoms with Crippen LogP contribution in [-0.4, -0.2) is 12.3 Å². The Hall–Kier alpha value is -2.35. The molecule has 2 heteroatoms. The Bertz CT molecular complexity index is 1010. The van der Waals surface area contributed by atoms with Crippen molar-refractivity contribution in [1.82, 2.24) is 5.32 Å². The van der Waals surface area contributed by atoms with Gasteiger partial charge in [0.1, 0.15) is 0 Å². The Kier molecular flexibility index (Phi) is 4.42. The molecule has 2 unspecified atom stereocenters. The summed E-state index contributed by atoms with van der Waals surface area (Å²) in [7, 11) is 0. The fourth-order valence-corrected chi connectivity index (χ4v) is 6.11. The van der Waals surface area contributed by atoms with Crippen LogP contribution in [-0.2, 0) is 0 Å². The standard InChI is InChI=1S/C27H32N2/c1-17-7-5-9-21(11-17)27(22-10-6-8-18(2)12-22)23-13-19(3)15-28-25(23)26-24(27)14-20(4)16-29-26/h5,7,9-10,12-13,16,21,24,28H,6,8,11,14-15H2,1-4H3/t21?,24-,27?/m0/s1. The maximum atomic E-state index is 5.02. The normalized spacial score (nSPS) is 33.5. The zero-order chi connectivity index (χ0) is 20.2. The van der Waals surface area contributed by atoms with Crippen LogP contribution in [0.3, 0.4) is 0 Å². The van der Waals surface area contributed by atoms with E-state index in [4.69, 9.17) is 4.99 Å². The van der Waals surface area contributed by atoms with E-state index in [-0.39, 0.29) is 5.41 Å². The molecule has 0 radical (unpaired) electrons. The lowest BCUT2D eigenvalue weighted by Crippen LogP contribution is -2.41. The first-order valence-corrected chi connectivity index (χ1v) is 11.1. The second kappa shape index (κ2) is 6.86. The van der Waals surface area contributed by atoms with Crippen LogP contribution in [0, 0.1) is 17.3 Å². The molecule has 2 aliphatic heterocycles. The minimum atomic E-state index is -0.0356. The molecular weight excluding hydrogens is 352 g/mol. The van der Waals surface area contributed by atoms with Gasteiger partial charge in [0.25, 0.3) is 0 Å².